The molecule has 144 valence electrons. The van der Waals surface area contributed by atoms with E-state index in [0.29, 0.717) is 5.92 Å². The maximum Gasteiger partial charge on any atom is 0.190 e. The van der Waals surface area contributed by atoms with Gasteiger partial charge in [-0.2, -0.15) is 0 Å². The van der Waals surface area contributed by atoms with E-state index in [0.717, 1.165) is 44.6 Å². The number of aliphatic imine (C=N–C) groups is 1. The van der Waals surface area contributed by atoms with Crippen molar-refractivity contribution in [3.63, 3.8) is 0 Å². The fourth-order valence-corrected chi connectivity index (χ4v) is 2.91. The molecule has 2 N–H and O–H groups in total. The number of nitrogens with zero attached hydrogens (tertiary/aromatic N) is 2. The summed E-state index contributed by atoms with van der Waals surface area (Å²) in [4.78, 5) is 6.83. The molecule has 0 aromatic rings. The number of nitrogens with one attached hydrogen (secondary N) is 2. The Bertz CT molecular complexity index is 318. The molecule has 0 amide bonds. The van der Waals surface area contributed by atoms with Crippen LogP contribution in [0.1, 0.15) is 46.5 Å². The first-order chi connectivity index (χ1) is 11.2. The first-order valence-corrected chi connectivity index (χ1v) is 9.40. The van der Waals surface area contributed by atoms with Crippen LogP contribution in [0.15, 0.2) is 4.99 Å². The average Bonchev–Trinajstić information content (AvgIpc) is 2.56. The van der Waals surface area contributed by atoms with Gasteiger partial charge in [0.2, 0.25) is 0 Å². The van der Waals surface area contributed by atoms with Gasteiger partial charge >= 0.3 is 0 Å². The number of hydrogen-bond acceptors (Lipinski definition) is 3. The monoisotopic (exact) mass is 454 g/mol. The smallest absolute Gasteiger partial charge is 0.190 e. The summed E-state index contributed by atoms with van der Waals surface area (Å²) in [7, 11) is 1.84. The fourth-order valence-electron chi connectivity index (χ4n) is 2.91. The summed E-state index contributed by atoms with van der Waals surface area (Å²) >= 11 is 0. The summed E-state index contributed by atoms with van der Waals surface area (Å²) in [6.07, 6.45) is 4.95. The molecule has 1 heterocycles. The van der Waals surface area contributed by atoms with Crippen LogP contribution in [0.4, 0.5) is 0 Å². The van der Waals surface area contributed by atoms with Gasteiger partial charge in [-0.15, -0.1) is 24.0 Å². The van der Waals surface area contributed by atoms with Gasteiger partial charge in [-0.25, -0.2) is 0 Å². The van der Waals surface area contributed by atoms with Crippen LogP contribution in [0.25, 0.3) is 0 Å². The first kappa shape index (κ1) is 23.9. The molecule has 0 aromatic heterocycles. The Morgan fingerprint density at radius 3 is 2.46 bits per heavy atom. The molecule has 0 aromatic carbocycles. The van der Waals surface area contributed by atoms with Crippen LogP contribution in [0.5, 0.6) is 0 Å². The van der Waals surface area contributed by atoms with Crippen LogP contribution in [0.2, 0.25) is 0 Å². The lowest BCUT2D eigenvalue weighted by molar-refractivity contribution is 0.108. The number of rotatable bonds is 10. The van der Waals surface area contributed by atoms with E-state index >= 15 is 0 Å². The molecule has 6 heteroatoms. The van der Waals surface area contributed by atoms with Crippen LogP contribution in [-0.4, -0.2) is 63.8 Å². The molecule has 0 radical (unpaired) electrons. The largest absolute Gasteiger partial charge is 0.381 e. The summed E-state index contributed by atoms with van der Waals surface area (Å²) in [5.41, 5.74) is 0. The minimum Gasteiger partial charge on any atom is -0.381 e. The fraction of sp³-hybridized carbons (Fsp3) is 0.944. The Balaban J connectivity index is 0.00000529. The molecule has 1 rings (SSSR count). The van der Waals surface area contributed by atoms with Gasteiger partial charge in [0.25, 0.3) is 0 Å². The van der Waals surface area contributed by atoms with Crippen molar-refractivity contribution in [3.05, 3.63) is 0 Å². The van der Waals surface area contributed by atoms with Gasteiger partial charge in [0.05, 0.1) is 0 Å². The highest BCUT2D eigenvalue weighted by Gasteiger charge is 2.17. The van der Waals surface area contributed by atoms with Crippen molar-refractivity contribution in [2.24, 2.45) is 16.8 Å². The average molecular weight is 454 g/mol. The highest BCUT2D eigenvalue weighted by molar-refractivity contribution is 14.0. The molecule has 0 aliphatic carbocycles. The van der Waals surface area contributed by atoms with Gasteiger partial charge < -0.3 is 20.3 Å². The van der Waals surface area contributed by atoms with Crippen molar-refractivity contribution < 1.29 is 4.74 Å². The Kier molecular flexibility index (Phi) is 15.1. The lowest BCUT2D eigenvalue weighted by Gasteiger charge is -2.31. The maximum absolute atomic E-state index is 5.58. The Morgan fingerprint density at radius 1 is 1.21 bits per heavy atom. The van der Waals surface area contributed by atoms with Crippen LogP contribution >= 0.6 is 24.0 Å². The molecule has 1 fully saturated rings. The van der Waals surface area contributed by atoms with E-state index in [4.69, 9.17) is 4.74 Å². The molecule has 0 unspecified atom stereocenters. The zero-order valence-corrected chi connectivity index (χ0v) is 18.5. The zero-order valence-electron chi connectivity index (χ0n) is 16.1. The van der Waals surface area contributed by atoms with Gasteiger partial charge in [-0.3, -0.25) is 4.99 Å². The quantitative estimate of drug-likeness (QED) is 0.231. The third-order valence-corrected chi connectivity index (χ3v) is 4.43. The number of halogens is 1. The summed E-state index contributed by atoms with van der Waals surface area (Å²) in [6.45, 7) is 13.9. The molecular weight excluding hydrogens is 415 g/mol. The third kappa shape index (κ3) is 11.5. The van der Waals surface area contributed by atoms with Gasteiger partial charge in [0.1, 0.15) is 0 Å². The van der Waals surface area contributed by atoms with E-state index in [1.165, 1.54) is 38.9 Å². The summed E-state index contributed by atoms with van der Waals surface area (Å²) in [5, 5.41) is 6.80. The molecule has 0 atom stereocenters. The van der Waals surface area contributed by atoms with Crippen LogP contribution in [0, 0.1) is 11.8 Å². The van der Waals surface area contributed by atoms with Crippen molar-refractivity contribution in [2.45, 2.75) is 46.5 Å². The number of hydrogen-bond donors (Lipinski definition) is 2. The zero-order chi connectivity index (χ0) is 16.9. The standard InChI is InChI=1S/C18H38N4O.HI/c1-5-22-12-8-17(9-13-22)7-11-21-18(19-4)20-10-6-14-23-15-16(2)3;/h16-17H,5-15H2,1-4H3,(H2,19,20,21);1H. The number of piperidine rings is 1. The van der Waals surface area contributed by atoms with Crippen molar-refractivity contribution in [1.82, 2.24) is 15.5 Å². The molecule has 1 aliphatic rings. The van der Waals surface area contributed by atoms with Crippen LogP contribution in [0.3, 0.4) is 0 Å². The Labute approximate surface area is 166 Å². The molecule has 24 heavy (non-hydrogen) atoms. The molecule has 5 nitrogen and oxygen atoms in total. The highest BCUT2D eigenvalue weighted by Crippen LogP contribution is 2.19. The number of guanidine groups is 1. The van der Waals surface area contributed by atoms with E-state index in [2.05, 4.69) is 41.3 Å². The van der Waals surface area contributed by atoms with Gasteiger partial charge in [-0.05, 0) is 57.2 Å². The predicted molar refractivity (Wildman–Crippen MR) is 115 cm³/mol. The molecule has 0 bridgehead atoms. The maximum atomic E-state index is 5.58. The van der Waals surface area contributed by atoms with E-state index < -0.39 is 0 Å². The molecule has 0 spiro atoms. The van der Waals surface area contributed by atoms with Crippen LogP contribution < -0.4 is 10.6 Å². The SMILES string of the molecule is CCN1CCC(CCNC(=NC)NCCCOCC(C)C)CC1.I. The normalized spacial score (nSPS) is 17.0. The van der Waals surface area contributed by atoms with Crippen molar-refractivity contribution >= 4 is 29.9 Å². The topological polar surface area (TPSA) is 48.9 Å². The Morgan fingerprint density at radius 2 is 1.88 bits per heavy atom. The Hall–Kier alpha value is -0.0800. The second-order valence-electron chi connectivity index (χ2n) is 6.91. The lowest BCUT2D eigenvalue weighted by Crippen LogP contribution is -2.40. The number of likely N-dealkylation sites (tertiary alicyclic amines) is 1. The van der Waals surface area contributed by atoms with Gasteiger partial charge in [0.15, 0.2) is 5.96 Å². The third-order valence-electron chi connectivity index (χ3n) is 4.43. The van der Waals surface area contributed by atoms with E-state index in [9.17, 15) is 0 Å². The van der Waals surface area contributed by atoms with Gasteiger partial charge in [-0.1, -0.05) is 20.8 Å². The van der Waals surface area contributed by atoms with Crippen LogP contribution in [-0.2, 0) is 4.74 Å². The second kappa shape index (κ2) is 15.2. The van der Waals surface area contributed by atoms with E-state index in [-0.39, 0.29) is 24.0 Å². The summed E-state index contributed by atoms with van der Waals surface area (Å²) in [6, 6.07) is 0. The minimum atomic E-state index is 0. The van der Waals surface area contributed by atoms with Crippen molar-refractivity contribution in [1.29, 1.82) is 0 Å². The van der Waals surface area contributed by atoms with Crippen molar-refractivity contribution in [2.75, 3.05) is 53.0 Å². The summed E-state index contributed by atoms with van der Waals surface area (Å²) in [5.74, 6) is 2.40. The van der Waals surface area contributed by atoms with E-state index in [1.807, 2.05) is 7.05 Å². The minimum absolute atomic E-state index is 0. The molecule has 1 aliphatic heterocycles. The van der Waals surface area contributed by atoms with Gasteiger partial charge in [0, 0.05) is 33.4 Å². The summed E-state index contributed by atoms with van der Waals surface area (Å²) < 4.78 is 5.58. The molecule has 0 saturated carbocycles. The number of ether oxygens (including phenoxy) is 1. The highest BCUT2D eigenvalue weighted by atomic mass is 127. The van der Waals surface area contributed by atoms with E-state index in [1.54, 1.807) is 0 Å². The lowest BCUT2D eigenvalue weighted by atomic mass is 9.93. The molecule has 1 saturated heterocycles. The van der Waals surface area contributed by atoms with Crippen molar-refractivity contribution in [3.8, 4) is 0 Å². The molecular formula is C18H39IN4O. The predicted octanol–water partition coefficient (Wildman–Crippen LogP) is 2.95. The second-order valence-corrected chi connectivity index (χ2v) is 6.91. The first-order valence-electron chi connectivity index (χ1n) is 9.40.